The zero-order chi connectivity index (χ0) is 14.5. The van der Waals surface area contributed by atoms with Crippen LogP contribution in [-0.2, 0) is 16.0 Å². The first-order chi connectivity index (χ1) is 9.56. The van der Waals surface area contributed by atoms with Crippen molar-refractivity contribution < 1.29 is 14.7 Å². The van der Waals surface area contributed by atoms with Gasteiger partial charge in [0, 0.05) is 5.38 Å². The topological polar surface area (TPSA) is 105 Å². The molecular weight excluding hydrogens is 278 g/mol. The maximum atomic E-state index is 11.9. The van der Waals surface area contributed by atoms with Crippen LogP contribution in [0.5, 0.6) is 0 Å². The van der Waals surface area contributed by atoms with E-state index in [1.54, 1.807) is 5.38 Å². The Balaban J connectivity index is 1.93. The number of anilines is 1. The molecule has 1 aliphatic carbocycles. The minimum Gasteiger partial charge on any atom is -0.480 e. The molecule has 1 aromatic rings. The van der Waals surface area contributed by atoms with Crippen molar-refractivity contribution in [1.29, 1.82) is 0 Å². The van der Waals surface area contributed by atoms with Gasteiger partial charge in [0.2, 0.25) is 5.91 Å². The van der Waals surface area contributed by atoms with Crippen molar-refractivity contribution in [3.8, 4) is 0 Å². The molecule has 110 valence electrons. The highest BCUT2D eigenvalue weighted by molar-refractivity contribution is 7.13. The van der Waals surface area contributed by atoms with E-state index in [0.717, 1.165) is 32.1 Å². The molecule has 1 unspecified atom stereocenters. The molecule has 1 saturated carbocycles. The Hall–Kier alpha value is -1.63. The number of rotatable bonds is 5. The number of aromatic nitrogens is 1. The molecule has 1 atom stereocenters. The number of nitrogens with two attached hydrogens (primary N) is 1. The quantitative estimate of drug-likeness (QED) is 0.762. The van der Waals surface area contributed by atoms with Gasteiger partial charge in [0.1, 0.15) is 6.04 Å². The van der Waals surface area contributed by atoms with Gasteiger partial charge in [-0.15, -0.1) is 11.3 Å². The molecule has 0 radical (unpaired) electrons. The van der Waals surface area contributed by atoms with Gasteiger partial charge in [-0.05, 0) is 18.8 Å². The van der Waals surface area contributed by atoms with Crippen LogP contribution in [0.15, 0.2) is 5.38 Å². The number of hydrogen-bond donors (Lipinski definition) is 3. The molecule has 6 nitrogen and oxygen atoms in total. The van der Waals surface area contributed by atoms with Gasteiger partial charge in [-0.2, -0.15) is 0 Å². The second-order valence-corrected chi connectivity index (χ2v) is 6.03. The normalized spacial score (nSPS) is 17.6. The van der Waals surface area contributed by atoms with Gasteiger partial charge in [0.25, 0.3) is 0 Å². The Labute approximate surface area is 121 Å². The van der Waals surface area contributed by atoms with Crippen LogP contribution < -0.4 is 11.1 Å². The van der Waals surface area contributed by atoms with E-state index in [-0.39, 0.29) is 18.2 Å². The molecule has 0 aromatic carbocycles. The van der Waals surface area contributed by atoms with Crippen molar-refractivity contribution in [3.63, 3.8) is 0 Å². The molecule has 1 aromatic heterocycles. The number of carboxylic acids is 1. The van der Waals surface area contributed by atoms with E-state index in [1.807, 2.05) is 0 Å². The summed E-state index contributed by atoms with van der Waals surface area (Å²) in [6.45, 7) is 0. The summed E-state index contributed by atoms with van der Waals surface area (Å²) < 4.78 is 0. The van der Waals surface area contributed by atoms with Crippen molar-refractivity contribution in [2.75, 3.05) is 5.73 Å². The lowest BCUT2D eigenvalue weighted by atomic mass is 9.84. The first-order valence-electron chi connectivity index (χ1n) is 6.78. The molecule has 1 amide bonds. The Morgan fingerprint density at radius 3 is 2.70 bits per heavy atom. The number of carbonyl (C=O) groups is 2. The molecule has 20 heavy (non-hydrogen) atoms. The fraction of sp³-hybridized carbons (Fsp3) is 0.615. The molecule has 0 spiro atoms. The average Bonchev–Trinajstić information content (AvgIpc) is 2.82. The van der Waals surface area contributed by atoms with Crippen LogP contribution >= 0.6 is 11.3 Å². The number of nitrogens with one attached hydrogen (secondary N) is 1. The zero-order valence-corrected chi connectivity index (χ0v) is 12.0. The van der Waals surface area contributed by atoms with E-state index >= 15 is 0 Å². The summed E-state index contributed by atoms with van der Waals surface area (Å²) in [6, 6.07) is -0.793. The molecule has 1 aliphatic rings. The Morgan fingerprint density at radius 2 is 2.15 bits per heavy atom. The average molecular weight is 297 g/mol. The summed E-state index contributed by atoms with van der Waals surface area (Å²) in [5.74, 6) is -1.23. The lowest BCUT2D eigenvalue weighted by Crippen LogP contribution is -2.47. The SMILES string of the molecule is Nc1nc(CC(=O)NC(C(=O)O)C2CCCCC2)cs1. The van der Waals surface area contributed by atoms with Crippen LogP contribution in [0.2, 0.25) is 0 Å². The van der Waals surface area contributed by atoms with E-state index in [1.165, 1.54) is 11.3 Å². The Morgan fingerprint density at radius 1 is 1.45 bits per heavy atom. The number of hydrogen-bond acceptors (Lipinski definition) is 5. The predicted octanol–water partition coefficient (Wildman–Crippen LogP) is 1.42. The Kier molecular flexibility index (Phi) is 4.94. The highest BCUT2D eigenvalue weighted by Gasteiger charge is 2.30. The predicted molar refractivity (Wildman–Crippen MR) is 76.4 cm³/mol. The van der Waals surface area contributed by atoms with Crippen LogP contribution in [0.25, 0.3) is 0 Å². The monoisotopic (exact) mass is 297 g/mol. The molecule has 7 heteroatoms. The van der Waals surface area contributed by atoms with Crippen LogP contribution in [0.1, 0.15) is 37.8 Å². The second-order valence-electron chi connectivity index (χ2n) is 5.14. The standard InChI is InChI=1S/C13H19N3O3S/c14-13-15-9(7-20-13)6-10(17)16-11(12(18)19)8-4-2-1-3-5-8/h7-8,11H,1-6H2,(H2,14,15)(H,16,17)(H,18,19). The molecule has 4 N–H and O–H groups in total. The highest BCUT2D eigenvalue weighted by Crippen LogP contribution is 2.26. The maximum absolute atomic E-state index is 11.9. The van der Waals surface area contributed by atoms with Gasteiger partial charge >= 0.3 is 5.97 Å². The number of nitrogens with zero attached hydrogens (tertiary/aromatic N) is 1. The summed E-state index contributed by atoms with van der Waals surface area (Å²) in [6.07, 6.45) is 5.01. The number of carboxylic acid groups (broad SMARTS) is 1. The van der Waals surface area contributed by atoms with E-state index in [2.05, 4.69) is 10.3 Å². The Bertz CT molecular complexity index is 483. The second kappa shape index (κ2) is 6.69. The fourth-order valence-corrected chi connectivity index (χ4v) is 3.20. The van der Waals surface area contributed by atoms with E-state index < -0.39 is 12.0 Å². The third-order valence-electron chi connectivity index (χ3n) is 3.61. The van der Waals surface area contributed by atoms with Crippen molar-refractivity contribution in [2.24, 2.45) is 5.92 Å². The van der Waals surface area contributed by atoms with Crippen molar-refractivity contribution >= 4 is 28.3 Å². The first-order valence-corrected chi connectivity index (χ1v) is 7.66. The first kappa shape index (κ1) is 14.8. The number of amides is 1. The van der Waals surface area contributed by atoms with E-state index in [0.29, 0.717) is 10.8 Å². The van der Waals surface area contributed by atoms with Gasteiger partial charge in [0.15, 0.2) is 5.13 Å². The smallest absolute Gasteiger partial charge is 0.326 e. The van der Waals surface area contributed by atoms with Gasteiger partial charge in [0.05, 0.1) is 12.1 Å². The van der Waals surface area contributed by atoms with Gasteiger partial charge in [-0.3, -0.25) is 4.79 Å². The third-order valence-corrected chi connectivity index (χ3v) is 4.34. The number of carbonyl (C=O) groups excluding carboxylic acids is 1. The third kappa shape index (κ3) is 3.93. The summed E-state index contributed by atoms with van der Waals surface area (Å²) in [4.78, 5) is 27.3. The molecule has 0 saturated heterocycles. The summed E-state index contributed by atoms with van der Waals surface area (Å²) >= 11 is 1.27. The van der Waals surface area contributed by atoms with Gasteiger partial charge < -0.3 is 16.2 Å². The molecule has 1 fully saturated rings. The summed E-state index contributed by atoms with van der Waals surface area (Å²) in [5.41, 5.74) is 6.08. The lowest BCUT2D eigenvalue weighted by molar-refractivity contribution is -0.143. The van der Waals surface area contributed by atoms with Crippen LogP contribution in [-0.4, -0.2) is 28.0 Å². The van der Waals surface area contributed by atoms with Crippen molar-refractivity contribution in [1.82, 2.24) is 10.3 Å². The van der Waals surface area contributed by atoms with Crippen LogP contribution in [0.3, 0.4) is 0 Å². The number of thiazole rings is 1. The summed E-state index contributed by atoms with van der Waals surface area (Å²) in [7, 11) is 0. The maximum Gasteiger partial charge on any atom is 0.326 e. The minimum absolute atomic E-state index is 0.0331. The van der Waals surface area contributed by atoms with Crippen molar-refractivity contribution in [3.05, 3.63) is 11.1 Å². The molecular formula is C13H19N3O3S. The molecule has 2 rings (SSSR count). The van der Waals surface area contributed by atoms with E-state index in [9.17, 15) is 14.7 Å². The minimum atomic E-state index is -0.956. The molecule has 0 aliphatic heterocycles. The van der Waals surface area contributed by atoms with Crippen LogP contribution in [0, 0.1) is 5.92 Å². The number of nitrogen functional groups attached to an aromatic ring is 1. The highest BCUT2D eigenvalue weighted by atomic mass is 32.1. The molecule has 1 heterocycles. The largest absolute Gasteiger partial charge is 0.480 e. The van der Waals surface area contributed by atoms with Crippen LogP contribution in [0.4, 0.5) is 5.13 Å². The molecule has 0 bridgehead atoms. The van der Waals surface area contributed by atoms with Gasteiger partial charge in [-0.25, -0.2) is 9.78 Å². The summed E-state index contributed by atoms with van der Waals surface area (Å²) in [5, 5.41) is 14.1. The number of aliphatic carboxylic acids is 1. The van der Waals surface area contributed by atoms with Gasteiger partial charge in [-0.1, -0.05) is 19.3 Å². The van der Waals surface area contributed by atoms with E-state index in [4.69, 9.17) is 5.73 Å². The van der Waals surface area contributed by atoms with Crippen molar-refractivity contribution in [2.45, 2.75) is 44.6 Å². The fourth-order valence-electron chi connectivity index (χ4n) is 2.64. The zero-order valence-electron chi connectivity index (χ0n) is 11.2. The lowest BCUT2D eigenvalue weighted by Gasteiger charge is -2.27.